The number of hydrogen-bond donors (Lipinski definition) is 1. The number of hydrogen-bond acceptors (Lipinski definition) is 2. The van der Waals surface area contributed by atoms with Crippen LogP contribution in [0.4, 0.5) is 27.6 Å². The number of benzene rings is 1. The summed E-state index contributed by atoms with van der Waals surface area (Å²) in [5.41, 5.74) is 0.185. The van der Waals surface area contributed by atoms with Gasteiger partial charge in [-0.05, 0) is 12.1 Å². The molecule has 0 saturated carbocycles. The Morgan fingerprint density at radius 2 is 1.81 bits per heavy atom. The van der Waals surface area contributed by atoms with E-state index in [2.05, 4.69) is 10.1 Å². The van der Waals surface area contributed by atoms with E-state index in [1.54, 1.807) is 0 Å². The Morgan fingerprint density at radius 1 is 1.12 bits per heavy atom. The second-order valence-electron chi connectivity index (χ2n) is 2.85. The third-order valence-corrected chi connectivity index (χ3v) is 1.62. The van der Waals surface area contributed by atoms with Gasteiger partial charge in [0.2, 0.25) is 0 Å². The Balaban J connectivity index is 2.35. The Labute approximate surface area is 88.0 Å². The van der Waals surface area contributed by atoms with Gasteiger partial charge >= 0.3 is 6.36 Å². The fraction of sp³-hybridized carbons (Fsp3) is 0.333. The van der Waals surface area contributed by atoms with Gasteiger partial charge in [0.25, 0.3) is 0 Å². The minimum absolute atomic E-state index is 0.162. The summed E-state index contributed by atoms with van der Waals surface area (Å²) in [6, 6.07) is 2.94. The van der Waals surface area contributed by atoms with E-state index in [1.807, 2.05) is 0 Å². The van der Waals surface area contributed by atoms with Gasteiger partial charge < -0.3 is 5.32 Å². The first-order valence-electron chi connectivity index (χ1n) is 4.28. The molecule has 1 N–H and O–H groups in total. The highest BCUT2D eigenvalue weighted by atomic mass is 19.4. The first-order chi connectivity index (χ1) is 7.38. The van der Waals surface area contributed by atoms with Gasteiger partial charge in [0.1, 0.15) is 0 Å². The predicted octanol–water partition coefficient (Wildman–Crippen LogP) is 2.91. The van der Waals surface area contributed by atoms with Gasteiger partial charge in [0, 0.05) is 18.3 Å². The van der Waals surface area contributed by atoms with E-state index in [9.17, 15) is 22.0 Å². The van der Waals surface area contributed by atoms with Crippen molar-refractivity contribution >= 4 is 5.69 Å². The standard InChI is InChI=1S/C9H8F5NO/c10-7-2-1-6(5-8(7)11)15-3-4-16-9(12,13)14/h1-2,5,15H,3-4H2. The highest BCUT2D eigenvalue weighted by Gasteiger charge is 2.28. The average Bonchev–Trinajstić information content (AvgIpc) is 2.17. The summed E-state index contributed by atoms with van der Waals surface area (Å²) in [5.74, 6) is -2.08. The minimum atomic E-state index is -4.68. The molecule has 2 nitrogen and oxygen atoms in total. The van der Waals surface area contributed by atoms with Crippen LogP contribution in [0.1, 0.15) is 0 Å². The van der Waals surface area contributed by atoms with E-state index in [4.69, 9.17) is 0 Å². The normalized spacial score (nSPS) is 11.6. The van der Waals surface area contributed by atoms with Crippen LogP contribution in [0, 0.1) is 11.6 Å². The lowest BCUT2D eigenvalue weighted by Crippen LogP contribution is -2.19. The molecule has 0 aliphatic heterocycles. The third kappa shape index (κ3) is 4.43. The van der Waals surface area contributed by atoms with Crippen LogP contribution in [-0.2, 0) is 4.74 Å². The molecule has 0 aliphatic rings. The van der Waals surface area contributed by atoms with Crippen LogP contribution in [0.15, 0.2) is 18.2 Å². The molecule has 0 spiro atoms. The van der Waals surface area contributed by atoms with Crippen molar-refractivity contribution in [2.24, 2.45) is 0 Å². The van der Waals surface area contributed by atoms with Crippen molar-refractivity contribution in [3.8, 4) is 0 Å². The number of nitrogens with one attached hydrogen (secondary N) is 1. The van der Waals surface area contributed by atoms with Crippen LogP contribution >= 0.6 is 0 Å². The topological polar surface area (TPSA) is 21.3 Å². The number of anilines is 1. The lowest BCUT2D eigenvalue weighted by molar-refractivity contribution is -0.322. The molecule has 0 aromatic heterocycles. The van der Waals surface area contributed by atoms with Crippen LogP contribution in [0.2, 0.25) is 0 Å². The van der Waals surface area contributed by atoms with Gasteiger partial charge in [-0.25, -0.2) is 8.78 Å². The summed E-state index contributed by atoms with van der Waals surface area (Å²) in [7, 11) is 0. The van der Waals surface area contributed by atoms with Gasteiger partial charge in [0.05, 0.1) is 6.61 Å². The molecule has 1 aromatic rings. The molecule has 0 atom stereocenters. The van der Waals surface area contributed by atoms with Gasteiger partial charge in [-0.15, -0.1) is 13.2 Å². The molecule has 0 amide bonds. The molecule has 90 valence electrons. The molecule has 0 aliphatic carbocycles. The zero-order valence-corrected chi connectivity index (χ0v) is 7.94. The highest BCUT2D eigenvalue weighted by Crippen LogP contribution is 2.16. The van der Waals surface area contributed by atoms with Gasteiger partial charge in [-0.1, -0.05) is 0 Å². The second-order valence-corrected chi connectivity index (χ2v) is 2.85. The second kappa shape index (κ2) is 5.11. The van der Waals surface area contributed by atoms with Gasteiger partial charge in [0.15, 0.2) is 11.6 Å². The molecule has 7 heteroatoms. The lowest BCUT2D eigenvalue weighted by atomic mass is 10.3. The summed E-state index contributed by atoms with van der Waals surface area (Å²) >= 11 is 0. The molecule has 0 saturated heterocycles. The Kier molecular flexibility index (Phi) is 4.05. The van der Waals surface area contributed by atoms with Crippen molar-refractivity contribution < 1.29 is 26.7 Å². The van der Waals surface area contributed by atoms with E-state index in [0.29, 0.717) is 0 Å². The molecule has 1 rings (SSSR count). The average molecular weight is 241 g/mol. The summed E-state index contributed by atoms with van der Waals surface area (Å²) in [4.78, 5) is 0. The van der Waals surface area contributed by atoms with Crippen molar-refractivity contribution in [1.82, 2.24) is 0 Å². The monoisotopic (exact) mass is 241 g/mol. The first-order valence-corrected chi connectivity index (χ1v) is 4.28. The molecular weight excluding hydrogens is 233 g/mol. The molecule has 0 radical (unpaired) electrons. The Hall–Kier alpha value is -1.37. The number of alkyl halides is 3. The van der Waals surface area contributed by atoms with Crippen molar-refractivity contribution in [2.45, 2.75) is 6.36 Å². The van der Waals surface area contributed by atoms with Crippen LogP contribution in [0.3, 0.4) is 0 Å². The van der Waals surface area contributed by atoms with Gasteiger partial charge in [-0.3, -0.25) is 4.74 Å². The maximum atomic E-state index is 12.7. The predicted molar refractivity (Wildman–Crippen MR) is 46.9 cm³/mol. The van der Waals surface area contributed by atoms with Crippen LogP contribution in [0.25, 0.3) is 0 Å². The fourth-order valence-corrected chi connectivity index (χ4v) is 0.968. The van der Waals surface area contributed by atoms with Crippen molar-refractivity contribution in [2.75, 3.05) is 18.5 Å². The van der Waals surface area contributed by atoms with E-state index < -0.39 is 24.6 Å². The zero-order chi connectivity index (χ0) is 12.2. The highest BCUT2D eigenvalue weighted by molar-refractivity contribution is 5.43. The Morgan fingerprint density at radius 3 is 2.38 bits per heavy atom. The lowest BCUT2D eigenvalue weighted by Gasteiger charge is -2.09. The van der Waals surface area contributed by atoms with E-state index >= 15 is 0 Å². The molecule has 1 aromatic carbocycles. The van der Waals surface area contributed by atoms with Crippen molar-refractivity contribution in [3.63, 3.8) is 0 Å². The van der Waals surface area contributed by atoms with Crippen molar-refractivity contribution in [3.05, 3.63) is 29.8 Å². The summed E-state index contributed by atoms with van der Waals surface area (Å²) < 4.78 is 63.2. The number of rotatable bonds is 4. The summed E-state index contributed by atoms with van der Waals surface area (Å²) in [5, 5.41) is 2.45. The van der Waals surface area contributed by atoms with E-state index in [0.717, 1.165) is 12.1 Å². The van der Waals surface area contributed by atoms with Gasteiger partial charge in [-0.2, -0.15) is 0 Å². The smallest absolute Gasteiger partial charge is 0.383 e. The van der Waals surface area contributed by atoms with Crippen LogP contribution < -0.4 is 5.32 Å². The zero-order valence-electron chi connectivity index (χ0n) is 7.94. The van der Waals surface area contributed by atoms with Crippen molar-refractivity contribution in [1.29, 1.82) is 0 Å². The molecule has 16 heavy (non-hydrogen) atoms. The first kappa shape index (κ1) is 12.7. The molecular formula is C9H8F5NO. The Bertz CT molecular complexity index is 352. The number of ether oxygens (including phenoxy) is 1. The molecule has 0 heterocycles. The number of halogens is 5. The minimum Gasteiger partial charge on any atom is -0.383 e. The molecule has 0 unspecified atom stereocenters. The van der Waals surface area contributed by atoms with E-state index in [-0.39, 0.29) is 12.2 Å². The molecule has 0 bridgehead atoms. The fourth-order valence-electron chi connectivity index (χ4n) is 0.968. The summed E-state index contributed by atoms with van der Waals surface area (Å²) in [6.45, 7) is -0.771. The summed E-state index contributed by atoms with van der Waals surface area (Å²) in [6.07, 6.45) is -4.68. The van der Waals surface area contributed by atoms with Crippen LogP contribution in [-0.4, -0.2) is 19.5 Å². The molecule has 0 fully saturated rings. The largest absolute Gasteiger partial charge is 0.522 e. The maximum absolute atomic E-state index is 12.7. The van der Waals surface area contributed by atoms with Crippen LogP contribution in [0.5, 0.6) is 0 Å². The quantitative estimate of drug-likeness (QED) is 0.646. The maximum Gasteiger partial charge on any atom is 0.522 e. The van der Waals surface area contributed by atoms with E-state index in [1.165, 1.54) is 6.07 Å². The SMILES string of the molecule is Fc1ccc(NCCOC(F)(F)F)cc1F. The third-order valence-electron chi connectivity index (χ3n) is 1.62.